The van der Waals surface area contributed by atoms with Crippen LogP contribution in [0.25, 0.3) is 0 Å². The highest BCUT2D eigenvalue weighted by Crippen LogP contribution is 2.50. The van der Waals surface area contributed by atoms with E-state index in [9.17, 15) is 14.7 Å². The number of carbonyl (C=O) groups excluding carboxylic acids is 1. The zero-order valence-electron chi connectivity index (χ0n) is 12.8. The van der Waals surface area contributed by atoms with Gasteiger partial charge in [-0.05, 0) is 42.7 Å². The zero-order chi connectivity index (χ0) is 15.6. The van der Waals surface area contributed by atoms with Crippen molar-refractivity contribution in [1.29, 1.82) is 0 Å². The van der Waals surface area contributed by atoms with Crippen molar-refractivity contribution < 1.29 is 14.7 Å². The van der Waals surface area contributed by atoms with Gasteiger partial charge < -0.3 is 10.4 Å². The summed E-state index contributed by atoms with van der Waals surface area (Å²) in [5.41, 5.74) is 1.25. The number of thiophene rings is 1. The number of hydrogen-bond acceptors (Lipinski definition) is 3. The van der Waals surface area contributed by atoms with Crippen molar-refractivity contribution in [2.24, 2.45) is 17.8 Å². The number of amides is 1. The number of aliphatic carboxylic acids is 1. The standard InChI is InChI=1S/C16H23NO3S/c1-9(2)6-11(16(19)20)8-17-15(18)13-7-12(13)14-10(3)4-5-21-14/h4-5,9,11-13H,6-8H2,1-3H3,(H,17,18)(H,19,20). The van der Waals surface area contributed by atoms with Crippen molar-refractivity contribution in [3.8, 4) is 0 Å². The molecule has 3 unspecified atom stereocenters. The fraction of sp³-hybridized carbons (Fsp3) is 0.625. The van der Waals surface area contributed by atoms with E-state index < -0.39 is 11.9 Å². The monoisotopic (exact) mass is 309 g/mol. The third kappa shape index (κ3) is 4.06. The number of aryl methyl sites for hydroxylation is 1. The number of carbonyl (C=O) groups is 2. The van der Waals surface area contributed by atoms with Gasteiger partial charge >= 0.3 is 5.97 Å². The quantitative estimate of drug-likeness (QED) is 0.813. The maximum atomic E-state index is 12.1. The lowest BCUT2D eigenvalue weighted by atomic mass is 9.97. The Labute approximate surface area is 129 Å². The molecule has 1 amide bonds. The summed E-state index contributed by atoms with van der Waals surface area (Å²) in [6, 6.07) is 2.08. The van der Waals surface area contributed by atoms with Crippen molar-refractivity contribution >= 4 is 23.2 Å². The van der Waals surface area contributed by atoms with Crippen molar-refractivity contribution in [2.75, 3.05) is 6.54 Å². The molecular weight excluding hydrogens is 286 g/mol. The fourth-order valence-corrected chi connectivity index (χ4v) is 3.84. The van der Waals surface area contributed by atoms with E-state index in [1.165, 1.54) is 10.4 Å². The van der Waals surface area contributed by atoms with E-state index in [4.69, 9.17) is 0 Å². The Bertz CT molecular complexity index is 523. The number of hydrogen-bond donors (Lipinski definition) is 2. The molecule has 116 valence electrons. The molecule has 1 aromatic rings. The van der Waals surface area contributed by atoms with Crippen LogP contribution in [0.2, 0.25) is 0 Å². The second-order valence-corrected chi connectivity index (χ2v) is 7.27. The largest absolute Gasteiger partial charge is 0.481 e. The van der Waals surface area contributed by atoms with Gasteiger partial charge in [0.1, 0.15) is 0 Å². The first-order chi connectivity index (χ1) is 9.90. The van der Waals surface area contributed by atoms with Crippen LogP contribution < -0.4 is 5.32 Å². The summed E-state index contributed by atoms with van der Waals surface area (Å²) in [6.45, 7) is 6.30. The highest BCUT2D eigenvalue weighted by atomic mass is 32.1. The van der Waals surface area contributed by atoms with E-state index >= 15 is 0 Å². The molecule has 1 fully saturated rings. The van der Waals surface area contributed by atoms with Crippen LogP contribution in [0.1, 0.15) is 43.0 Å². The summed E-state index contributed by atoms with van der Waals surface area (Å²) < 4.78 is 0. The number of rotatable bonds is 7. The van der Waals surface area contributed by atoms with E-state index in [1.807, 2.05) is 13.8 Å². The van der Waals surface area contributed by atoms with E-state index in [2.05, 4.69) is 23.7 Å². The van der Waals surface area contributed by atoms with E-state index in [0.717, 1.165) is 6.42 Å². The molecule has 3 atom stereocenters. The highest BCUT2D eigenvalue weighted by Gasteiger charge is 2.45. The van der Waals surface area contributed by atoms with Gasteiger partial charge in [0, 0.05) is 23.3 Å². The Kier molecular flexibility index (Phi) is 5.04. The molecule has 0 aliphatic heterocycles. The average molecular weight is 309 g/mol. The van der Waals surface area contributed by atoms with Gasteiger partial charge in [-0.2, -0.15) is 0 Å². The maximum Gasteiger partial charge on any atom is 0.308 e. The first-order valence-corrected chi connectivity index (χ1v) is 8.32. The summed E-state index contributed by atoms with van der Waals surface area (Å²) in [4.78, 5) is 24.6. The van der Waals surface area contributed by atoms with Crippen LogP contribution in [0, 0.1) is 24.7 Å². The van der Waals surface area contributed by atoms with Crippen LogP contribution >= 0.6 is 11.3 Å². The van der Waals surface area contributed by atoms with E-state index in [1.54, 1.807) is 11.3 Å². The lowest BCUT2D eigenvalue weighted by Crippen LogP contribution is -2.34. The molecule has 2 rings (SSSR count). The SMILES string of the molecule is Cc1ccsc1C1CC1C(=O)NCC(CC(C)C)C(=O)O. The molecule has 0 radical (unpaired) electrons. The first-order valence-electron chi connectivity index (χ1n) is 7.44. The molecule has 1 saturated carbocycles. The lowest BCUT2D eigenvalue weighted by Gasteiger charge is -2.15. The molecule has 1 heterocycles. The minimum absolute atomic E-state index is 0.00260. The Hall–Kier alpha value is -1.36. The summed E-state index contributed by atoms with van der Waals surface area (Å²) in [5.74, 6) is -0.650. The number of carboxylic acids is 1. The molecule has 4 nitrogen and oxygen atoms in total. The predicted octanol–water partition coefficient (Wildman–Crippen LogP) is 3.02. The Morgan fingerprint density at radius 2 is 2.19 bits per heavy atom. The van der Waals surface area contributed by atoms with Gasteiger partial charge in [-0.25, -0.2) is 0 Å². The van der Waals surface area contributed by atoms with E-state index in [0.29, 0.717) is 18.3 Å². The fourth-order valence-electron chi connectivity index (χ4n) is 2.73. The van der Waals surface area contributed by atoms with Crippen LogP contribution in [0.3, 0.4) is 0 Å². The molecule has 0 bridgehead atoms. The van der Waals surface area contributed by atoms with Crippen LogP contribution in [-0.2, 0) is 9.59 Å². The van der Waals surface area contributed by atoms with Gasteiger partial charge in [-0.3, -0.25) is 9.59 Å². The predicted molar refractivity (Wildman–Crippen MR) is 83.5 cm³/mol. The molecule has 0 saturated heterocycles. The Balaban J connectivity index is 1.83. The second-order valence-electron chi connectivity index (χ2n) is 6.33. The smallest absolute Gasteiger partial charge is 0.308 e. The highest BCUT2D eigenvalue weighted by molar-refractivity contribution is 7.10. The van der Waals surface area contributed by atoms with Crippen LogP contribution in [0.4, 0.5) is 0 Å². The number of nitrogens with one attached hydrogen (secondary N) is 1. The van der Waals surface area contributed by atoms with Crippen LogP contribution in [-0.4, -0.2) is 23.5 Å². The molecule has 1 aromatic heterocycles. The van der Waals surface area contributed by atoms with Crippen molar-refractivity contribution in [2.45, 2.75) is 39.5 Å². The van der Waals surface area contributed by atoms with Crippen LogP contribution in [0.15, 0.2) is 11.4 Å². The lowest BCUT2D eigenvalue weighted by molar-refractivity contribution is -0.142. The topological polar surface area (TPSA) is 66.4 Å². The Morgan fingerprint density at radius 1 is 1.48 bits per heavy atom. The van der Waals surface area contributed by atoms with Gasteiger partial charge in [0.05, 0.1) is 5.92 Å². The zero-order valence-corrected chi connectivity index (χ0v) is 13.6. The minimum Gasteiger partial charge on any atom is -0.481 e. The molecule has 1 aliphatic carbocycles. The minimum atomic E-state index is -0.828. The second kappa shape index (κ2) is 6.60. The third-order valence-electron chi connectivity index (χ3n) is 3.99. The van der Waals surface area contributed by atoms with Crippen molar-refractivity contribution in [3.05, 3.63) is 21.9 Å². The first kappa shape index (κ1) is 16.0. The molecule has 21 heavy (non-hydrogen) atoms. The van der Waals surface area contributed by atoms with Gasteiger partial charge in [-0.1, -0.05) is 13.8 Å². The molecule has 1 aliphatic rings. The number of carboxylic acid groups (broad SMARTS) is 1. The van der Waals surface area contributed by atoms with Gasteiger partial charge in [-0.15, -0.1) is 11.3 Å². The van der Waals surface area contributed by atoms with Crippen molar-refractivity contribution in [3.63, 3.8) is 0 Å². The van der Waals surface area contributed by atoms with Crippen molar-refractivity contribution in [1.82, 2.24) is 5.32 Å². The molecular formula is C16H23NO3S. The summed E-state index contributed by atoms with van der Waals surface area (Å²) in [5, 5.41) is 14.1. The summed E-state index contributed by atoms with van der Waals surface area (Å²) in [6.07, 6.45) is 1.48. The third-order valence-corrected chi connectivity index (χ3v) is 5.14. The maximum absolute atomic E-state index is 12.1. The summed E-state index contributed by atoms with van der Waals surface area (Å²) in [7, 11) is 0. The van der Waals surface area contributed by atoms with Crippen LogP contribution in [0.5, 0.6) is 0 Å². The average Bonchev–Trinajstić information content (AvgIpc) is 3.08. The molecule has 2 N–H and O–H groups in total. The van der Waals surface area contributed by atoms with Gasteiger partial charge in [0.15, 0.2) is 0 Å². The molecule has 0 spiro atoms. The molecule has 0 aromatic carbocycles. The molecule has 5 heteroatoms. The van der Waals surface area contributed by atoms with Gasteiger partial charge in [0.2, 0.25) is 5.91 Å². The van der Waals surface area contributed by atoms with E-state index in [-0.39, 0.29) is 18.4 Å². The van der Waals surface area contributed by atoms with Gasteiger partial charge in [0.25, 0.3) is 0 Å². The summed E-state index contributed by atoms with van der Waals surface area (Å²) >= 11 is 1.70. The normalized spacial score (nSPS) is 22.1. The Morgan fingerprint density at radius 3 is 2.71 bits per heavy atom.